The van der Waals surface area contributed by atoms with Crippen LogP contribution in [0.25, 0.3) is 11.2 Å². The molecule has 114 valence electrons. The first-order chi connectivity index (χ1) is 10.6. The fraction of sp³-hybridized carbons (Fsp3) is 0.154. The van der Waals surface area contributed by atoms with Crippen LogP contribution in [0.4, 0.5) is 0 Å². The van der Waals surface area contributed by atoms with Crippen LogP contribution in [0.1, 0.15) is 15.2 Å². The summed E-state index contributed by atoms with van der Waals surface area (Å²) in [5.74, 6) is 0.200. The molecule has 3 aromatic rings. The highest BCUT2D eigenvalue weighted by Gasteiger charge is 2.15. The minimum absolute atomic E-state index is 0.384. The van der Waals surface area contributed by atoms with Crippen LogP contribution >= 0.6 is 46.3 Å². The second-order valence-corrected chi connectivity index (χ2v) is 7.31. The largest absolute Gasteiger partial charge is 0.465 e. The van der Waals surface area contributed by atoms with Crippen LogP contribution in [0.2, 0.25) is 9.36 Å². The molecule has 9 heteroatoms. The third-order valence-corrected chi connectivity index (χ3v) is 5.34. The number of nitrogens with one attached hydrogen (secondary N) is 1. The van der Waals surface area contributed by atoms with Crippen molar-refractivity contribution in [3.63, 3.8) is 0 Å². The average molecular weight is 374 g/mol. The smallest absolute Gasteiger partial charge is 0.348 e. The van der Waals surface area contributed by atoms with Gasteiger partial charge in [-0.25, -0.2) is 14.8 Å². The molecule has 3 rings (SSSR count). The number of nitrogens with zero attached hydrogens (tertiary/aromatic N) is 2. The summed E-state index contributed by atoms with van der Waals surface area (Å²) in [4.78, 5) is 23.6. The number of thioether (sulfide) groups is 1. The Bertz CT molecular complexity index is 847. The summed E-state index contributed by atoms with van der Waals surface area (Å²) < 4.78 is 5.26. The lowest BCUT2D eigenvalue weighted by atomic mass is 10.3. The van der Waals surface area contributed by atoms with Gasteiger partial charge in [0.25, 0.3) is 0 Å². The number of thiophene rings is 1. The van der Waals surface area contributed by atoms with Crippen LogP contribution < -0.4 is 0 Å². The number of pyridine rings is 1. The highest BCUT2D eigenvalue weighted by atomic mass is 35.5. The minimum atomic E-state index is -0.384. The standard InChI is InChI=1S/C13H9Cl2N3O2S2/c1-20-12(19)9-2-6(10(15)22-9)5-21-13-17-8-3-7(14)4-16-11(8)18-13/h2-4H,5H2,1H3,(H,16,17,18). The van der Waals surface area contributed by atoms with E-state index in [0.717, 1.165) is 11.1 Å². The van der Waals surface area contributed by atoms with Crippen molar-refractivity contribution >= 4 is 63.4 Å². The molecule has 0 saturated carbocycles. The second kappa shape index (κ2) is 6.45. The van der Waals surface area contributed by atoms with E-state index in [1.807, 2.05) is 0 Å². The van der Waals surface area contributed by atoms with Crippen LogP contribution in [-0.2, 0) is 10.5 Å². The van der Waals surface area contributed by atoms with Crippen molar-refractivity contribution in [2.45, 2.75) is 10.9 Å². The van der Waals surface area contributed by atoms with Crippen molar-refractivity contribution < 1.29 is 9.53 Å². The number of carbonyl (C=O) groups excluding carboxylic acids is 1. The molecule has 0 aliphatic rings. The van der Waals surface area contributed by atoms with Gasteiger partial charge in [-0.2, -0.15) is 0 Å². The number of methoxy groups -OCH3 is 1. The molecule has 0 spiro atoms. The molecule has 0 aliphatic heterocycles. The SMILES string of the molecule is COC(=O)c1cc(CSc2nc3ncc(Cl)cc3[nH]2)c(Cl)s1. The molecule has 0 aliphatic carbocycles. The van der Waals surface area contributed by atoms with Gasteiger partial charge < -0.3 is 9.72 Å². The number of hydrogen-bond acceptors (Lipinski definition) is 6. The zero-order chi connectivity index (χ0) is 15.7. The maximum atomic E-state index is 11.5. The molecule has 1 N–H and O–H groups in total. The molecule has 0 unspecified atom stereocenters. The first-order valence-electron chi connectivity index (χ1n) is 6.07. The number of H-pyrrole nitrogens is 1. The predicted octanol–water partition coefficient (Wildman–Crippen LogP) is 4.41. The topological polar surface area (TPSA) is 67.9 Å². The summed E-state index contributed by atoms with van der Waals surface area (Å²) in [5, 5.41) is 1.27. The van der Waals surface area contributed by atoms with Gasteiger partial charge in [0.15, 0.2) is 10.8 Å². The van der Waals surface area contributed by atoms with E-state index in [1.54, 1.807) is 18.3 Å². The highest BCUT2D eigenvalue weighted by molar-refractivity contribution is 7.98. The number of aromatic amines is 1. The fourth-order valence-corrected chi connectivity index (χ4v) is 4.15. The van der Waals surface area contributed by atoms with Gasteiger partial charge in [-0.3, -0.25) is 0 Å². The summed E-state index contributed by atoms with van der Waals surface area (Å²) in [6.45, 7) is 0. The molecule has 0 aromatic carbocycles. The van der Waals surface area contributed by atoms with Crippen molar-refractivity contribution in [1.82, 2.24) is 15.0 Å². The van der Waals surface area contributed by atoms with Gasteiger partial charge in [0.2, 0.25) is 0 Å². The van der Waals surface area contributed by atoms with Crippen molar-refractivity contribution in [2.75, 3.05) is 7.11 Å². The lowest BCUT2D eigenvalue weighted by molar-refractivity contribution is 0.0606. The average Bonchev–Trinajstić information content (AvgIpc) is 3.07. The number of imidazole rings is 1. The lowest BCUT2D eigenvalue weighted by Gasteiger charge is -1.95. The van der Waals surface area contributed by atoms with Crippen LogP contribution in [0.5, 0.6) is 0 Å². The van der Waals surface area contributed by atoms with E-state index < -0.39 is 0 Å². The molecule has 22 heavy (non-hydrogen) atoms. The van der Waals surface area contributed by atoms with Crippen LogP contribution in [0, 0.1) is 0 Å². The van der Waals surface area contributed by atoms with E-state index >= 15 is 0 Å². The highest BCUT2D eigenvalue weighted by Crippen LogP contribution is 2.33. The Labute approximate surface area is 144 Å². The third-order valence-electron chi connectivity index (χ3n) is 2.79. The Hall–Kier alpha value is -1.28. The summed E-state index contributed by atoms with van der Waals surface area (Å²) in [6.07, 6.45) is 1.55. The molecule has 0 radical (unpaired) electrons. The quantitative estimate of drug-likeness (QED) is 0.541. The van der Waals surface area contributed by atoms with Gasteiger partial charge in [-0.05, 0) is 17.7 Å². The van der Waals surface area contributed by atoms with Gasteiger partial charge >= 0.3 is 5.97 Å². The van der Waals surface area contributed by atoms with Gasteiger partial charge in [-0.15, -0.1) is 11.3 Å². The number of carbonyl (C=O) groups is 1. The number of rotatable bonds is 4. The Morgan fingerprint density at radius 3 is 3.05 bits per heavy atom. The fourth-order valence-electron chi connectivity index (χ4n) is 1.77. The van der Waals surface area contributed by atoms with E-state index in [0.29, 0.717) is 30.8 Å². The number of hydrogen-bond donors (Lipinski definition) is 1. The van der Waals surface area contributed by atoms with E-state index in [4.69, 9.17) is 23.2 Å². The number of ether oxygens (including phenoxy) is 1. The second-order valence-electron chi connectivity index (χ2n) is 4.26. The third kappa shape index (κ3) is 3.22. The number of halogens is 2. The number of aromatic nitrogens is 3. The summed E-state index contributed by atoms with van der Waals surface area (Å²) in [6, 6.07) is 3.51. The van der Waals surface area contributed by atoms with Crippen LogP contribution in [0.15, 0.2) is 23.5 Å². The first-order valence-corrected chi connectivity index (χ1v) is 8.63. The zero-order valence-electron chi connectivity index (χ0n) is 11.2. The molecule has 3 heterocycles. The molecule has 5 nitrogen and oxygen atoms in total. The first kappa shape index (κ1) is 15.6. The van der Waals surface area contributed by atoms with E-state index in [9.17, 15) is 4.79 Å². The van der Waals surface area contributed by atoms with Gasteiger partial charge in [0, 0.05) is 11.9 Å². The summed E-state index contributed by atoms with van der Waals surface area (Å²) >= 11 is 14.7. The molecule has 3 aromatic heterocycles. The van der Waals surface area contributed by atoms with Gasteiger partial charge in [-0.1, -0.05) is 35.0 Å². The molecule has 0 fully saturated rings. The molecule has 0 amide bonds. The lowest BCUT2D eigenvalue weighted by Crippen LogP contribution is -1.97. The normalized spacial score (nSPS) is 11.0. The molecular weight excluding hydrogens is 365 g/mol. The van der Waals surface area contributed by atoms with Crippen molar-refractivity contribution in [1.29, 1.82) is 0 Å². The predicted molar refractivity (Wildman–Crippen MR) is 89.1 cm³/mol. The minimum Gasteiger partial charge on any atom is -0.465 e. The van der Waals surface area contributed by atoms with Crippen LogP contribution in [-0.4, -0.2) is 28.0 Å². The van der Waals surface area contributed by atoms with E-state index in [-0.39, 0.29) is 5.97 Å². The van der Waals surface area contributed by atoms with Gasteiger partial charge in [0.1, 0.15) is 4.88 Å². The maximum absolute atomic E-state index is 11.5. The Morgan fingerprint density at radius 2 is 2.27 bits per heavy atom. The molecule has 0 saturated heterocycles. The van der Waals surface area contributed by atoms with Crippen molar-refractivity contribution in [3.05, 3.63) is 38.1 Å². The Balaban J connectivity index is 1.76. The zero-order valence-corrected chi connectivity index (χ0v) is 14.4. The number of fused-ring (bicyclic) bond motifs is 1. The number of esters is 1. The Morgan fingerprint density at radius 1 is 1.45 bits per heavy atom. The molecule has 0 bridgehead atoms. The van der Waals surface area contributed by atoms with E-state index in [2.05, 4.69) is 19.7 Å². The summed E-state index contributed by atoms with van der Waals surface area (Å²) in [5.41, 5.74) is 2.25. The van der Waals surface area contributed by atoms with Crippen molar-refractivity contribution in [3.8, 4) is 0 Å². The Kier molecular flexibility index (Phi) is 4.58. The monoisotopic (exact) mass is 373 g/mol. The van der Waals surface area contributed by atoms with E-state index in [1.165, 1.54) is 30.2 Å². The summed E-state index contributed by atoms with van der Waals surface area (Å²) in [7, 11) is 1.34. The van der Waals surface area contributed by atoms with Gasteiger partial charge in [0.05, 0.1) is 22.0 Å². The maximum Gasteiger partial charge on any atom is 0.348 e. The van der Waals surface area contributed by atoms with Crippen molar-refractivity contribution in [2.24, 2.45) is 0 Å². The molecular formula is C13H9Cl2N3O2S2. The molecule has 0 atom stereocenters. The van der Waals surface area contributed by atoms with Crippen LogP contribution in [0.3, 0.4) is 0 Å².